The SMILES string of the molecule is Cc1nc(C)c(C(CC(C)C)NN)s1. The average molecular weight is 213 g/mol. The van der Waals surface area contributed by atoms with E-state index in [1.54, 1.807) is 11.3 Å². The number of thiazole rings is 1. The third-order valence-corrected chi connectivity index (χ3v) is 3.35. The zero-order valence-electron chi connectivity index (χ0n) is 9.29. The van der Waals surface area contributed by atoms with Gasteiger partial charge in [0.1, 0.15) is 0 Å². The Bertz CT molecular complexity index is 294. The first kappa shape index (κ1) is 11.6. The molecule has 0 saturated carbocycles. The fraction of sp³-hybridized carbons (Fsp3) is 0.700. The van der Waals surface area contributed by atoms with E-state index in [1.165, 1.54) is 4.88 Å². The monoisotopic (exact) mass is 213 g/mol. The predicted molar refractivity (Wildman–Crippen MR) is 61.1 cm³/mol. The number of aryl methyl sites for hydroxylation is 2. The first-order valence-corrected chi connectivity index (χ1v) is 5.76. The van der Waals surface area contributed by atoms with Crippen molar-refractivity contribution < 1.29 is 0 Å². The molecule has 1 aromatic heterocycles. The van der Waals surface area contributed by atoms with Gasteiger partial charge < -0.3 is 0 Å². The maximum atomic E-state index is 5.56. The van der Waals surface area contributed by atoms with Gasteiger partial charge >= 0.3 is 0 Å². The summed E-state index contributed by atoms with van der Waals surface area (Å²) in [5, 5.41) is 1.11. The molecule has 1 rings (SSSR count). The smallest absolute Gasteiger partial charge is 0.0900 e. The van der Waals surface area contributed by atoms with Gasteiger partial charge in [-0.05, 0) is 26.2 Å². The van der Waals surface area contributed by atoms with Crippen molar-refractivity contribution >= 4 is 11.3 Å². The van der Waals surface area contributed by atoms with E-state index in [0.717, 1.165) is 17.1 Å². The van der Waals surface area contributed by atoms with Crippen molar-refractivity contribution in [2.45, 2.75) is 40.2 Å². The molecule has 4 heteroatoms. The lowest BCUT2D eigenvalue weighted by Crippen LogP contribution is -2.28. The number of nitrogens with one attached hydrogen (secondary N) is 1. The summed E-state index contributed by atoms with van der Waals surface area (Å²) in [5.41, 5.74) is 3.98. The lowest BCUT2D eigenvalue weighted by atomic mass is 10.0. The lowest BCUT2D eigenvalue weighted by molar-refractivity contribution is 0.441. The number of rotatable bonds is 4. The zero-order valence-corrected chi connectivity index (χ0v) is 10.1. The van der Waals surface area contributed by atoms with Crippen molar-refractivity contribution in [3.63, 3.8) is 0 Å². The van der Waals surface area contributed by atoms with Crippen molar-refractivity contribution in [2.75, 3.05) is 0 Å². The van der Waals surface area contributed by atoms with Crippen LogP contribution in [0.25, 0.3) is 0 Å². The van der Waals surface area contributed by atoms with Gasteiger partial charge in [0.25, 0.3) is 0 Å². The number of nitrogens with zero attached hydrogens (tertiary/aromatic N) is 1. The Morgan fingerprint density at radius 2 is 2.07 bits per heavy atom. The number of hydrogen-bond acceptors (Lipinski definition) is 4. The van der Waals surface area contributed by atoms with E-state index in [1.807, 2.05) is 13.8 Å². The van der Waals surface area contributed by atoms with Crippen LogP contribution >= 0.6 is 11.3 Å². The summed E-state index contributed by atoms with van der Waals surface area (Å²) in [5.74, 6) is 6.20. The predicted octanol–water partition coefficient (Wildman–Crippen LogP) is 2.31. The average Bonchev–Trinajstić information content (AvgIpc) is 2.41. The van der Waals surface area contributed by atoms with Crippen molar-refractivity contribution in [1.82, 2.24) is 10.4 Å². The molecule has 1 heterocycles. The van der Waals surface area contributed by atoms with Crippen LogP contribution in [0.3, 0.4) is 0 Å². The molecule has 0 aliphatic heterocycles. The third kappa shape index (κ3) is 2.77. The van der Waals surface area contributed by atoms with Crippen molar-refractivity contribution in [3.05, 3.63) is 15.6 Å². The van der Waals surface area contributed by atoms with Crippen LogP contribution in [0.15, 0.2) is 0 Å². The Morgan fingerprint density at radius 1 is 1.43 bits per heavy atom. The maximum absolute atomic E-state index is 5.56. The highest BCUT2D eigenvalue weighted by Gasteiger charge is 2.17. The second-order valence-corrected chi connectivity index (χ2v) is 5.27. The van der Waals surface area contributed by atoms with Gasteiger partial charge in [0.15, 0.2) is 0 Å². The van der Waals surface area contributed by atoms with Gasteiger partial charge in [0.05, 0.1) is 16.7 Å². The van der Waals surface area contributed by atoms with Crippen LogP contribution in [0.2, 0.25) is 0 Å². The van der Waals surface area contributed by atoms with Crippen molar-refractivity contribution in [3.8, 4) is 0 Å². The lowest BCUT2D eigenvalue weighted by Gasteiger charge is -2.16. The first-order chi connectivity index (χ1) is 6.54. The number of nitrogens with two attached hydrogens (primary N) is 1. The molecule has 0 amide bonds. The van der Waals surface area contributed by atoms with Crippen LogP contribution in [0.1, 0.15) is 41.9 Å². The largest absolute Gasteiger partial charge is 0.271 e. The van der Waals surface area contributed by atoms with Crippen LogP contribution in [-0.4, -0.2) is 4.98 Å². The Balaban J connectivity index is 2.83. The molecule has 0 bridgehead atoms. The second-order valence-electron chi connectivity index (χ2n) is 4.03. The molecule has 1 aromatic rings. The van der Waals surface area contributed by atoms with E-state index in [2.05, 4.69) is 24.3 Å². The second kappa shape index (κ2) is 4.87. The Morgan fingerprint density at radius 3 is 2.43 bits per heavy atom. The number of hydrogen-bond donors (Lipinski definition) is 2. The fourth-order valence-corrected chi connectivity index (χ4v) is 2.59. The minimum atomic E-state index is 0.251. The minimum Gasteiger partial charge on any atom is -0.271 e. The van der Waals surface area contributed by atoms with Gasteiger partial charge in [-0.1, -0.05) is 13.8 Å². The van der Waals surface area contributed by atoms with E-state index >= 15 is 0 Å². The molecule has 3 nitrogen and oxygen atoms in total. The molecule has 14 heavy (non-hydrogen) atoms. The van der Waals surface area contributed by atoms with Crippen LogP contribution in [0.4, 0.5) is 0 Å². The van der Waals surface area contributed by atoms with Gasteiger partial charge in [-0.25, -0.2) is 4.98 Å². The Labute approximate surface area is 89.7 Å². The summed E-state index contributed by atoms with van der Waals surface area (Å²) in [4.78, 5) is 5.69. The van der Waals surface area contributed by atoms with E-state index in [9.17, 15) is 0 Å². The molecular weight excluding hydrogens is 194 g/mol. The molecule has 0 aromatic carbocycles. The number of aromatic nitrogens is 1. The summed E-state index contributed by atoms with van der Waals surface area (Å²) >= 11 is 1.74. The highest BCUT2D eigenvalue weighted by Crippen LogP contribution is 2.28. The fourth-order valence-electron chi connectivity index (χ4n) is 1.59. The highest BCUT2D eigenvalue weighted by atomic mass is 32.1. The third-order valence-electron chi connectivity index (χ3n) is 2.16. The quantitative estimate of drug-likeness (QED) is 0.596. The molecule has 80 valence electrons. The van der Waals surface area contributed by atoms with E-state index in [-0.39, 0.29) is 6.04 Å². The van der Waals surface area contributed by atoms with Gasteiger partial charge in [-0.3, -0.25) is 11.3 Å². The summed E-state index contributed by atoms with van der Waals surface area (Å²) in [6.45, 7) is 8.48. The molecule has 1 atom stereocenters. The molecule has 0 spiro atoms. The van der Waals surface area contributed by atoms with Crippen LogP contribution < -0.4 is 11.3 Å². The zero-order chi connectivity index (χ0) is 10.7. The summed E-state index contributed by atoms with van der Waals surface area (Å²) in [6.07, 6.45) is 1.05. The van der Waals surface area contributed by atoms with Gasteiger partial charge in [-0.15, -0.1) is 11.3 Å². The van der Waals surface area contributed by atoms with Crippen LogP contribution in [0, 0.1) is 19.8 Å². The Kier molecular flexibility index (Phi) is 4.04. The molecule has 1 unspecified atom stereocenters. The molecule has 3 N–H and O–H groups in total. The molecule has 0 aliphatic rings. The van der Waals surface area contributed by atoms with E-state index < -0.39 is 0 Å². The Hall–Kier alpha value is -0.450. The van der Waals surface area contributed by atoms with Gasteiger partial charge in [-0.2, -0.15) is 0 Å². The molecule has 0 saturated heterocycles. The van der Waals surface area contributed by atoms with Crippen LogP contribution in [0.5, 0.6) is 0 Å². The van der Waals surface area contributed by atoms with E-state index in [4.69, 9.17) is 5.84 Å². The minimum absolute atomic E-state index is 0.251. The maximum Gasteiger partial charge on any atom is 0.0900 e. The first-order valence-electron chi connectivity index (χ1n) is 4.94. The van der Waals surface area contributed by atoms with Crippen molar-refractivity contribution in [1.29, 1.82) is 0 Å². The van der Waals surface area contributed by atoms with Gasteiger partial charge in [0.2, 0.25) is 0 Å². The van der Waals surface area contributed by atoms with Crippen molar-refractivity contribution in [2.24, 2.45) is 11.8 Å². The normalized spacial score (nSPS) is 13.6. The molecular formula is C10H19N3S. The van der Waals surface area contributed by atoms with E-state index in [0.29, 0.717) is 5.92 Å². The number of hydrazine groups is 1. The molecule has 0 aliphatic carbocycles. The summed E-state index contributed by atoms with van der Waals surface area (Å²) in [7, 11) is 0. The van der Waals surface area contributed by atoms with Gasteiger partial charge in [0, 0.05) is 4.88 Å². The highest BCUT2D eigenvalue weighted by molar-refractivity contribution is 7.11. The summed E-state index contributed by atoms with van der Waals surface area (Å²) < 4.78 is 0. The molecule has 0 radical (unpaired) electrons. The standard InChI is InChI=1S/C10H19N3S/c1-6(2)5-9(13-11)10-7(3)12-8(4)14-10/h6,9,13H,5,11H2,1-4H3. The molecule has 0 fully saturated rings. The van der Waals surface area contributed by atoms with Crippen LogP contribution in [-0.2, 0) is 0 Å². The topological polar surface area (TPSA) is 50.9 Å². The summed E-state index contributed by atoms with van der Waals surface area (Å²) in [6, 6.07) is 0.251.